The molecule has 0 N–H and O–H groups in total. The first-order chi connectivity index (χ1) is 27.3. The number of rotatable bonds is 7. The van der Waals surface area contributed by atoms with Crippen LogP contribution in [0.1, 0.15) is 22.3 Å². The predicted molar refractivity (Wildman–Crippen MR) is 229 cm³/mol. The van der Waals surface area contributed by atoms with E-state index in [1.807, 2.05) is 0 Å². The number of anilines is 3. The van der Waals surface area contributed by atoms with Crippen molar-refractivity contribution in [3.63, 3.8) is 0 Å². The Kier molecular flexibility index (Phi) is 7.11. The third kappa shape index (κ3) is 4.82. The molecule has 9 aromatic carbocycles. The van der Waals surface area contributed by atoms with Crippen LogP contribution in [0, 0.1) is 0 Å². The molecule has 0 unspecified atom stereocenters. The van der Waals surface area contributed by atoms with Gasteiger partial charge in [-0.2, -0.15) is 0 Å². The van der Waals surface area contributed by atoms with E-state index in [-0.39, 0.29) is 0 Å². The average molecular weight is 702 g/mol. The molecule has 1 aliphatic carbocycles. The van der Waals surface area contributed by atoms with Gasteiger partial charge in [0.1, 0.15) is 11.2 Å². The Labute approximate surface area is 320 Å². The summed E-state index contributed by atoms with van der Waals surface area (Å²) in [5.74, 6) is 0. The quantitative estimate of drug-likeness (QED) is 0.164. The molecule has 0 aliphatic heterocycles. The second kappa shape index (κ2) is 12.5. The number of benzene rings is 9. The van der Waals surface area contributed by atoms with Crippen LogP contribution in [0.15, 0.2) is 217 Å². The molecular weight excluding hydrogens is 667 g/mol. The number of nitrogens with zero attached hydrogens (tertiary/aromatic N) is 1. The van der Waals surface area contributed by atoms with Crippen molar-refractivity contribution in [3.05, 3.63) is 235 Å². The van der Waals surface area contributed by atoms with E-state index in [0.717, 1.165) is 28.2 Å². The Morgan fingerprint density at radius 2 is 0.855 bits per heavy atom. The van der Waals surface area contributed by atoms with Crippen LogP contribution in [-0.2, 0) is 5.41 Å². The summed E-state index contributed by atoms with van der Waals surface area (Å²) in [6.45, 7) is 0. The Morgan fingerprint density at radius 1 is 0.364 bits per heavy atom. The molecule has 0 saturated heterocycles. The molecule has 0 saturated carbocycles. The highest BCUT2D eigenvalue weighted by Gasteiger charge is 2.46. The van der Waals surface area contributed by atoms with Crippen molar-refractivity contribution in [2.45, 2.75) is 5.41 Å². The standard InChI is InChI=1S/C53H35NO/c1-3-13-36(14-4-1)37-27-31-43(32-28-37)54(48-24-10-16-39-15-7-8-21-45(39)48)44-33-29-38(30-34-44)40-17-9-20-42(35-40)53(41-18-5-2-6-19-41)46-22-11-25-49-51(46)52-47(53)23-12-26-50(52)55-49/h1-35H. The fourth-order valence-electron chi connectivity index (χ4n) is 9.11. The first-order valence-electron chi connectivity index (χ1n) is 18.9. The summed E-state index contributed by atoms with van der Waals surface area (Å²) in [7, 11) is 0. The second-order valence-electron chi connectivity index (χ2n) is 14.4. The van der Waals surface area contributed by atoms with Crippen LogP contribution in [0.2, 0.25) is 0 Å². The Hall–Kier alpha value is -7.16. The van der Waals surface area contributed by atoms with Gasteiger partial charge in [-0.3, -0.25) is 0 Å². The van der Waals surface area contributed by atoms with Crippen LogP contribution in [-0.4, -0.2) is 0 Å². The monoisotopic (exact) mass is 701 g/mol. The molecule has 1 aromatic heterocycles. The molecule has 258 valence electrons. The van der Waals surface area contributed by atoms with Crippen molar-refractivity contribution in [2.24, 2.45) is 0 Å². The molecule has 0 atom stereocenters. The molecule has 0 radical (unpaired) electrons. The first-order valence-corrected chi connectivity index (χ1v) is 18.9. The maximum Gasteiger partial charge on any atom is 0.135 e. The van der Waals surface area contributed by atoms with Crippen molar-refractivity contribution >= 4 is 49.8 Å². The smallest absolute Gasteiger partial charge is 0.135 e. The lowest BCUT2D eigenvalue weighted by molar-refractivity contribution is 0.663. The fourth-order valence-corrected chi connectivity index (χ4v) is 9.11. The molecular formula is C53H35NO. The third-order valence-corrected chi connectivity index (χ3v) is 11.5. The molecule has 0 bridgehead atoms. The van der Waals surface area contributed by atoms with Crippen molar-refractivity contribution < 1.29 is 4.42 Å². The molecule has 2 nitrogen and oxygen atoms in total. The molecule has 1 aliphatic rings. The first kappa shape index (κ1) is 31.4. The van der Waals surface area contributed by atoms with Gasteiger partial charge in [0.2, 0.25) is 0 Å². The van der Waals surface area contributed by atoms with E-state index in [9.17, 15) is 0 Å². The zero-order valence-electron chi connectivity index (χ0n) is 30.1. The van der Waals surface area contributed by atoms with Crippen LogP contribution in [0.4, 0.5) is 17.1 Å². The van der Waals surface area contributed by atoms with Gasteiger partial charge in [-0.15, -0.1) is 0 Å². The van der Waals surface area contributed by atoms with E-state index in [4.69, 9.17) is 4.42 Å². The number of hydrogen-bond acceptors (Lipinski definition) is 2. The molecule has 10 aromatic rings. The van der Waals surface area contributed by atoms with Gasteiger partial charge in [0.25, 0.3) is 0 Å². The molecule has 11 rings (SSSR count). The Bertz CT molecular complexity index is 2950. The topological polar surface area (TPSA) is 16.4 Å². The number of furan rings is 1. The van der Waals surface area contributed by atoms with Gasteiger partial charge >= 0.3 is 0 Å². The normalized spacial score (nSPS) is 12.9. The summed E-state index contributed by atoms with van der Waals surface area (Å²) < 4.78 is 6.37. The lowest BCUT2D eigenvalue weighted by Crippen LogP contribution is -2.28. The van der Waals surface area contributed by atoms with E-state index in [1.165, 1.54) is 66.1 Å². The van der Waals surface area contributed by atoms with Crippen molar-refractivity contribution in [1.82, 2.24) is 0 Å². The molecule has 2 heteroatoms. The van der Waals surface area contributed by atoms with E-state index in [0.29, 0.717) is 0 Å². The fraction of sp³-hybridized carbons (Fsp3) is 0.0189. The van der Waals surface area contributed by atoms with E-state index < -0.39 is 5.41 Å². The zero-order chi connectivity index (χ0) is 36.3. The van der Waals surface area contributed by atoms with Gasteiger partial charge in [-0.1, -0.05) is 164 Å². The van der Waals surface area contributed by atoms with Crippen LogP contribution < -0.4 is 4.90 Å². The maximum atomic E-state index is 6.37. The van der Waals surface area contributed by atoms with Gasteiger partial charge in [0.05, 0.1) is 11.1 Å². The minimum Gasteiger partial charge on any atom is -0.456 e. The Morgan fingerprint density at radius 3 is 1.53 bits per heavy atom. The van der Waals surface area contributed by atoms with Crippen molar-refractivity contribution in [3.8, 4) is 22.3 Å². The largest absolute Gasteiger partial charge is 0.456 e. The highest BCUT2D eigenvalue weighted by Crippen LogP contribution is 2.57. The van der Waals surface area contributed by atoms with E-state index >= 15 is 0 Å². The van der Waals surface area contributed by atoms with Gasteiger partial charge < -0.3 is 9.32 Å². The molecule has 0 amide bonds. The summed E-state index contributed by atoms with van der Waals surface area (Å²) in [5.41, 5.74) is 14.6. The van der Waals surface area contributed by atoms with Gasteiger partial charge in [-0.05, 0) is 98.4 Å². The van der Waals surface area contributed by atoms with E-state index in [1.54, 1.807) is 0 Å². The lowest BCUT2D eigenvalue weighted by atomic mass is 9.67. The lowest BCUT2D eigenvalue weighted by Gasteiger charge is -2.34. The minimum atomic E-state index is -0.477. The van der Waals surface area contributed by atoms with Crippen molar-refractivity contribution in [2.75, 3.05) is 4.90 Å². The average Bonchev–Trinajstić information content (AvgIpc) is 3.81. The highest BCUT2D eigenvalue weighted by atomic mass is 16.3. The number of fused-ring (bicyclic) bond motifs is 1. The summed E-state index contributed by atoms with van der Waals surface area (Å²) in [6.07, 6.45) is 0. The summed E-state index contributed by atoms with van der Waals surface area (Å²) in [6, 6.07) is 76.9. The van der Waals surface area contributed by atoms with Crippen LogP contribution in [0.3, 0.4) is 0 Å². The van der Waals surface area contributed by atoms with Crippen LogP contribution in [0.25, 0.3) is 55.0 Å². The molecule has 55 heavy (non-hydrogen) atoms. The van der Waals surface area contributed by atoms with E-state index in [2.05, 4.69) is 217 Å². The number of hydrogen-bond donors (Lipinski definition) is 0. The molecule has 1 heterocycles. The van der Waals surface area contributed by atoms with Gasteiger partial charge in [-0.25, -0.2) is 0 Å². The summed E-state index contributed by atoms with van der Waals surface area (Å²) >= 11 is 0. The summed E-state index contributed by atoms with van der Waals surface area (Å²) in [4.78, 5) is 2.38. The zero-order valence-corrected chi connectivity index (χ0v) is 30.1. The molecule has 0 spiro atoms. The van der Waals surface area contributed by atoms with Crippen LogP contribution in [0.5, 0.6) is 0 Å². The highest BCUT2D eigenvalue weighted by molar-refractivity contribution is 6.14. The summed E-state index contributed by atoms with van der Waals surface area (Å²) in [5, 5.41) is 4.86. The molecule has 0 fully saturated rings. The predicted octanol–water partition coefficient (Wildman–Crippen LogP) is 14.2. The van der Waals surface area contributed by atoms with Gasteiger partial charge in [0, 0.05) is 27.5 Å². The SMILES string of the molecule is c1ccc(-c2ccc(N(c3ccc(-c4cccc(C5(c6ccccc6)c6cccc7oc8cccc5c8c67)c4)cc3)c3cccc4ccccc34)cc2)cc1. The maximum absolute atomic E-state index is 6.37. The van der Waals surface area contributed by atoms with Crippen molar-refractivity contribution in [1.29, 1.82) is 0 Å². The third-order valence-electron chi connectivity index (χ3n) is 11.5. The minimum absolute atomic E-state index is 0.477. The van der Waals surface area contributed by atoms with Crippen LogP contribution >= 0.6 is 0 Å². The second-order valence-corrected chi connectivity index (χ2v) is 14.4. The Balaban J connectivity index is 1.04. The van der Waals surface area contributed by atoms with Gasteiger partial charge in [0.15, 0.2) is 0 Å².